The van der Waals surface area contributed by atoms with E-state index < -0.39 is 0 Å². The molecule has 0 aliphatic carbocycles. The molecule has 0 aliphatic heterocycles. The van der Waals surface area contributed by atoms with Crippen LogP contribution in [-0.2, 0) is 0 Å². The van der Waals surface area contributed by atoms with Gasteiger partial charge in [0.2, 0.25) is 0 Å². The van der Waals surface area contributed by atoms with Crippen molar-refractivity contribution >= 4 is 0 Å². The fourth-order valence-electron chi connectivity index (χ4n) is 8.52. The molecule has 0 bridgehead atoms. The van der Waals surface area contributed by atoms with Crippen molar-refractivity contribution in [3.05, 3.63) is 0 Å². The van der Waals surface area contributed by atoms with Crippen molar-refractivity contribution < 1.29 is 0 Å². The maximum absolute atomic E-state index is 2.50. The average molecular weight is 717 g/mol. The summed E-state index contributed by atoms with van der Waals surface area (Å²) in [6.07, 6.45) is 69.7. The summed E-state index contributed by atoms with van der Waals surface area (Å²) in [5.74, 6) is 0.967. The standard InChI is InChI=1S/C51H104/c1-4-6-8-10-12-13-14-15-16-17-18-19-20-21-22-23-24-25-26-27-28-29-30-31-32-33-34-35-36-37-38-39-40-41-42-43-44-46-48-50-51(3)49-47-45-11-9-7-5-2/h51H,4-50H2,1-3H3. The van der Waals surface area contributed by atoms with Gasteiger partial charge in [0.05, 0.1) is 0 Å². The molecule has 0 rings (SSSR count). The van der Waals surface area contributed by atoms with Crippen LogP contribution in [0.4, 0.5) is 0 Å². The number of rotatable bonds is 47. The molecule has 0 saturated carbocycles. The maximum atomic E-state index is 2.50. The normalized spacial score (nSPS) is 12.3. The summed E-state index contributed by atoms with van der Waals surface area (Å²) in [6.45, 7) is 7.12. The molecule has 0 spiro atoms. The molecule has 0 aromatic rings. The molecule has 0 aliphatic rings. The highest BCUT2D eigenvalue weighted by molar-refractivity contribution is 4.57. The van der Waals surface area contributed by atoms with E-state index in [2.05, 4.69) is 20.8 Å². The second-order valence-electron chi connectivity index (χ2n) is 17.9. The van der Waals surface area contributed by atoms with E-state index in [-0.39, 0.29) is 0 Å². The summed E-state index contributed by atoms with van der Waals surface area (Å²) in [4.78, 5) is 0. The van der Waals surface area contributed by atoms with Crippen molar-refractivity contribution in [2.24, 2.45) is 5.92 Å². The highest BCUT2D eigenvalue weighted by Crippen LogP contribution is 2.20. The zero-order chi connectivity index (χ0) is 36.8. The molecule has 308 valence electrons. The number of unbranched alkanes of at least 4 members (excludes halogenated alkanes) is 43. The first kappa shape index (κ1) is 51.0. The lowest BCUT2D eigenvalue weighted by Gasteiger charge is -2.11. The van der Waals surface area contributed by atoms with E-state index in [0.29, 0.717) is 0 Å². The van der Waals surface area contributed by atoms with Gasteiger partial charge in [-0.15, -0.1) is 0 Å². The van der Waals surface area contributed by atoms with Gasteiger partial charge in [-0.05, 0) is 5.92 Å². The molecular formula is C51H104. The van der Waals surface area contributed by atoms with Gasteiger partial charge in [0.15, 0.2) is 0 Å². The van der Waals surface area contributed by atoms with Gasteiger partial charge in [-0.2, -0.15) is 0 Å². The summed E-state index contributed by atoms with van der Waals surface area (Å²) in [5.41, 5.74) is 0. The maximum Gasteiger partial charge on any atom is -0.0443 e. The van der Waals surface area contributed by atoms with Crippen molar-refractivity contribution in [3.8, 4) is 0 Å². The zero-order valence-corrected chi connectivity index (χ0v) is 36.8. The minimum atomic E-state index is 0.967. The van der Waals surface area contributed by atoms with E-state index in [1.165, 1.54) is 302 Å². The smallest absolute Gasteiger partial charge is 0.0443 e. The number of hydrogen-bond donors (Lipinski definition) is 0. The molecule has 0 N–H and O–H groups in total. The molecule has 0 radical (unpaired) electrons. The molecule has 0 fully saturated rings. The Morgan fingerprint density at radius 1 is 0.176 bits per heavy atom. The van der Waals surface area contributed by atoms with Gasteiger partial charge in [-0.1, -0.05) is 323 Å². The summed E-state index contributed by atoms with van der Waals surface area (Å²) >= 11 is 0. The van der Waals surface area contributed by atoms with Crippen LogP contribution in [0.3, 0.4) is 0 Å². The predicted molar refractivity (Wildman–Crippen MR) is 238 cm³/mol. The fraction of sp³-hybridized carbons (Fsp3) is 1.00. The molecular weight excluding hydrogens is 613 g/mol. The molecule has 1 atom stereocenters. The summed E-state index contributed by atoms with van der Waals surface area (Å²) in [7, 11) is 0. The second-order valence-corrected chi connectivity index (χ2v) is 17.9. The monoisotopic (exact) mass is 717 g/mol. The molecule has 0 aromatic heterocycles. The van der Waals surface area contributed by atoms with Crippen LogP contribution in [0.5, 0.6) is 0 Å². The topological polar surface area (TPSA) is 0 Å². The molecule has 51 heavy (non-hydrogen) atoms. The molecule has 0 amide bonds. The van der Waals surface area contributed by atoms with E-state index in [1.807, 2.05) is 0 Å². The van der Waals surface area contributed by atoms with Crippen molar-refractivity contribution in [2.75, 3.05) is 0 Å². The lowest BCUT2D eigenvalue weighted by molar-refractivity contribution is 0.430. The summed E-state index contributed by atoms with van der Waals surface area (Å²) in [6, 6.07) is 0. The first-order chi connectivity index (χ1) is 25.3. The summed E-state index contributed by atoms with van der Waals surface area (Å²) in [5, 5.41) is 0. The van der Waals surface area contributed by atoms with Crippen LogP contribution in [0.1, 0.15) is 323 Å². The van der Waals surface area contributed by atoms with Crippen molar-refractivity contribution in [2.45, 2.75) is 323 Å². The minimum absolute atomic E-state index is 0.967. The highest BCUT2D eigenvalue weighted by atomic mass is 14.1. The Kier molecular flexibility index (Phi) is 48.0. The Bertz CT molecular complexity index is 564. The Labute approximate surface area is 327 Å². The van der Waals surface area contributed by atoms with Crippen molar-refractivity contribution in [1.29, 1.82) is 0 Å². The molecule has 0 heteroatoms. The van der Waals surface area contributed by atoms with Gasteiger partial charge in [0.1, 0.15) is 0 Å². The van der Waals surface area contributed by atoms with Crippen LogP contribution in [0.2, 0.25) is 0 Å². The Morgan fingerprint density at radius 3 is 0.431 bits per heavy atom. The van der Waals surface area contributed by atoms with Gasteiger partial charge in [-0.25, -0.2) is 0 Å². The van der Waals surface area contributed by atoms with Crippen LogP contribution >= 0.6 is 0 Å². The second kappa shape index (κ2) is 48.0. The van der Waals surface area contributed by atoms with Crippen LogP contribution in [-0.4, -0.2) is 0 Å². The zero-order valence-electron chi connectivity index (χ0n) is 36.8. The van der Waals surface area contributed by atoms with Crippen molar-refractivity contribution in [1.82, 2.24) is 0 Å². The Morgan fingerprint density at radius 2 is 0.294 bits per heavy atom. The van der Waals surface area contributed by atoms with E-state index in [0.717, 1.165) is 5.92 Å². The van der Waals surface area contributed by atoms with Crippen LogP contribution in [0.15, 0.2) is 0 Å². The largest absolute Gasteiger partial charge is 0.0654 e. The van der Waals surface area contributed by atoms with Gasteiger partial charge in [-0.3, -0.25) is 0 Å². The van der Waals surface area contributed by atoms with E-state index in [4.69, 9.17) is 0 Å². The van der Waals surface area contributed by atoms with E-state index in [9.17, 15) is 0 Å². The molecule has 1 unspecified atom stereocenters. The van der Waals surface area contributed by atoms with Crippen LogP contribution < -0.4 is 0 Å². The van der Waals surface area contributed by atoms with Crippen LogP contribution in [0, 0.1) is 5.92 Å². The third kappa shape index (κ3) is 48.0. The SMILES string of the molecule is CCCCCCCCCCCCCCCCCCCCCCCCCCCCCCCCCCCCCCCCCC(C)CCCCCCCC. The fourth-order valence-corrected chi connectivity index (χ4v) is 8.52. The number of hydrogen-bond acceptors (Lipinski definition) is 0. The highest BCUT2D eigenvalue weighted by Gasteiger charge is 2.03. The van der Waals surface area contributed by atoms with Gasteiger partial charge in [0.25, 0.3) is 0 Å². The van der Waals surface area contributed by atoms with Gasteiger partial charge in [0, 0.05) is 0 Å². The predicted octanol–water partition coefficient (Wildman–Crippen LogP) is 20.0. The first-order valence-corrected chi connectivity index (χ1v) is 25.3. The molecule has 0 aromatic carbocycles. The van der Waals surface area contributed by atoms with E-state index in [1.54, 1.807) is 0 Å². The Hall–Kier alpha value is 0. The van der Waals surface area contributed by atoms with E-state index >= 15 is 0 Å². The average Bonchev–Trinajstić information content (AvgIpc) is 3.14. The third-order valence-electron chi connectivity index (χ3n) is 12.4. The first-order valence-electron chi connectivity index (χ1n) is 25.3. The van der Waals surface area contributed by atoms with Crippen LogP contribution in [0.25, 0.3) is 0 Å². The van der Waals surface area contributed by atoms with Crippen molar-refractivity contribution in [3.63, 3.8) is 0 Å². The quantitative estimate of drug-likeness (QED) is 0.0550. The molecule has 0 saturated heterocycles. The minimum Gasteiger partial charge on any atom is -0.0654 e. The third-order valence-corrected chi connectivity index (χ3v) is 12.4. The van der Waals surface area contributed by atoms with Gasteiger partial charge >= 0.3 is 0 Å². The lowest BCUT2D eigenvalue weighted by Crippen LogP contribution is -1.95. The summed E-state index contributed by atoms with van der Waals surface area (Å²) < 4.78 is 0. The van der Waals surface area contributed by atoms with Gasteiger partial charge < -0.3 is 0 Å². The molecule has 0 nitrogen and oxygen atoms in total. The Balaban J connectivity index is 3.08. The lowest BCUT2D eigenvalue weighted by atomic mass is 9.96. The molecule has 0 heterocycles.